The predicted molar refractivity (Wildman–Crippen MR) is 106 cm³/mol. The molecule has 0 radical (unpaired) electrons. The summed E-state index contributed by atoms with van der Waals surface area (Å²) in [7, 11) is 2.23. The van der Waals surface area contributed by atoms with Crippen LogP contribution in [0.4, 0.5) is 11.4 Å². The molecule has 1 nitrogen and oxygen atoms in total. The number of hydrogen-bond acceptors (Lipinski definition) is 1. The fraction of sp³-hybridized carbons (Fsp3) is 0.478. The maximum absolute atomic E-state index is 2.47. The monoisotopic (exact) mass is 321 g/mol. The Hall–Kier alpha value is -1.76. The van der Waals surface area contributed by atoms with Crippen LogP contribution in [0.3, 0.4) is 0 Å². The second-order valence-electron chi connectivity index (χ2n) is 7.50. The molecule has 0 fully saturated rings. The fourth-order valence-corrected chi connectivity index (χ4v) is 4.01. The maximum Gasteiger partial charge on any atom is 0.0443 e. The molecule has 1 aliphatic rings. The van der Waals surface area contributed by atoms with Crippen LogP contribution < -0.4 is 4.90 Å². The standard InChI is InChI=1S/C23H31N/c1-6-17(7-2)20-12-13-22-21(14-20)11-9-18-8-10-19(16(3)4)15-23(18)24(22)5/h8,10,12-17H,6-7,9,11H2,1-5H3. The largest absolute Gasteiger partial charge is 0.344 e. The van der Waals surface area contributed by atoms with Gasteiger partial charge in [-0.25, -0.2) is 0 Å². The normalized spacial score (nSPS) is 13.9. The third-order valence-corrected chi connectivity index (χ3v) is 5.72. The van der Waals surface area contributed by atoms with Crippen molar-refractivity contribution in [2.75, 3.05) is 11.9 Å². The molecular weight excluding hydrogens is 290 g/mol. The molecule has 0 amide bonds. The van der Waals surface area contributed by atoms with Gasteiger partial charge < -0.3 is 4.90 Å². The van der Waals surface area contributed by atoms with E-state index >= 15 is 0 Å². The first-order valence-electron chi connectivity index (χ1n) is 9.54. The lowest BCUT2D eigenvalue weighted by atomic mass is 9.91. The highest BCUT2D eigenvalue weighted by molar-refractivity contribution is 5.71. The van der Waals surface area contributed by atoms with E-state index in [0.717, 1.165) is 12.8 Å². The van der Waals surface area contributed by atoms with Gasteiger partial charge in [0.15, 0.2) is 0 Å². The summed E-state index contributed by atoms with van der Waals surface area (Å²) in [5.41, 5.74) is 8.68. The smallest absolute Gasteiger partial charge is 0.0443 e. The third kappa shape index (κ3) is 3.09. The van der Waals surface area contributed by atoms with E-state index in [4.69, 9.17) is 0 Å². The van der Waals surface area contributed by atoms with Crippen molar-refractivity contribution in [3.05, 3.63) is 58.7 Å². The molecule has 1 heteroatoms. The summed E-state index contributed by atoms with van der Waals surface area (Å²) in [5.74, 6) is 1.27. The Kier molecular flexibility index (Phi) is 4.99. The quantitative estimate of drug-likeness (QED) is 0.614. The molecule has 0 spiro atoms. The zero-order valence-corrected chi connectivity index (χ0v) is 15.9. The van der Waals surface area contributed by atoms with Gasteiger partial charge >= 0.3 is 0 Å². The first-order valence-corrected chi connectivity index (χ1v) is 9.54. The average Bonchev–Trinajstić information content (AvgIpc) is 2.73. The molecule has 128 valence electrons. The van der Waals surface area contributed by atoms with E-state index in [1.807, 2.05) is 0 Å². The van der Waals surface area contributed by atoms with Gasteiger partial charge in [0.05, 0.1) is 0 Å². The summed E-state index contributed by atoms with van der Waals surface area (Å²) in [4.78, 5) is 2.40. The van der Waals surface area contributed by atoms with Crippen LogP contribution in [0.1, 0.15) is 74.6 Å². The van der Waals surface area contributed by atoms with Crippen molar-refractivity contribution in [3.8, 4) is 0 Å². The number of nitrogens with zero attached hydrogens (tertiary/aromatic N) is 1. The Balaban J connectivity index is 2.02. The molecule has 24 heavy (non-hydrogen) atoms. The Morgan fingerprint density at radius 3 is 2.17 bits per heavy atom. The Bertz CT molecular complexity index is 710. The molecule has 0 saturated heterocycles. The summed E-state index contributed by atoms with van der Waals surface area (Å²) in [6, 6.07) is 14.2. The summed E-state index contributed by atoms with van der Waals surface area (Å²) in [5, 5.41) is 0. The molecule has 1 heterocycles. The SMILES string of the molecule is CCC(CC)c1ccc2c(c1)CCc1ccc(C(C)C)cc1N2C. The highest BCUT2D eigenvalue weighted by Gasteiger charge is 2.20. The van der Waals surface area contributed by atoms with Gasteiger partial charge in [0.1, 0.15) is 0 Å². The van der Waals surface area contributed by atoms with Crippen LogP contribution in [0.25, 0.3) is 0 Å². The van der Waals surface area contributed by atoms with Crippen molar-refractivity contribution < 1.29 is 0 Å². The molecule has 0 unspecified atom stereocenters. The second kappa shape index (κ2) is 7.01. The van der Waals surface area contributed by atoms with Crippen molar-refractivity contribution >= 4 is 11.4 Å². The highest BCUT2D eigenvalue weighted by Crippen LogP contribution is 2.38. The first kappa shape index (κ1) is 17.1. The van der Waals surface area contributed by atoms with Gasteiger partial charge in [-0.2, -0.15) is 0 Å². The van der Waals surface area contributed by atoms with Crippen molar-refractivity contribution in [2.45, 2.75) is 65.2 Å². The second-order valence-corrected chi connectivity index (χ2v) is 7.50. The molecule has 1 aliphatic heterocycles. The molecule has 0 aliphatic carbocycles. The predicted octanol–water partition coefficient (Wildman–Crippen LogP) is 6.58. The van der Waals surface area contributed by atoms with Gasteiger partial charge in [-0.15, -0.1) is 0 Å². The molecule has 2 aromatic rings. The van der Waals surface area contributed by atoms with Crippen LogP contribution in [0, 0.1) is 0 Å². The van der Waals surface area contributed by atoms with E-state index in [1.54, 1.807) is 0 Å². The van der Waals surface area contributed by atoms with Crippen LogP contribution in [0.15, 0.2) is 36.4 Å². The Morgan fingerprint density at radius 2 is 1.50 bits per heavy atom. The average molecular weight is 322 g/mol. The van der Waals surface area contributed by atoms with Gasteiger partial charge in [-0.05, 0) is 71.9 Å². The summed E-state index contributed by atoms with van der Waals surface area (Å²) in [6.45, 7) is 9.15. The van der Waals surface area contributed by atoms with Crippen molar-refractivity contribution in [1.29, 1.82) is 0 Å². The molecule has 0 atom stereocenters. The number of hydrogen-bond donors (Lipinski definition) is 0. The lowest BCUT2D eigenvalue weighted by molar-refractivity contribution is 0.641. The molecule has 0 N–H and O–H groups in total. The van der Waals surface area contributed by atoms with E-state index in [2.05, 4.69) is 76.0 Å². The van der Waals surface area contributed by atoms with Crippen LogP contribution in [-0.2, 0) is 12.8 Å². The summed E-state index contributed by atoms with van der Waals surface area (Å²) in [6.07, 6.45) is 4.73. The number of benzene rings is 2. The number of fused-ring (bicyclic) bond motifs is 2. The van der Waals surface area contributed by atoms with E-state index < -0.39 is 0 Å². The van der Waals surface area contributed by atoms with Crippen molar-refractivity contribution in [3.63, 3.8) is 0 Å². The Morgan fingerprint density at radius 1 is 0.833 bits per heavy atom. The van der Waals surface area contributed by atoms with Crippen LogP contribution in [0.2, 0.25) is 0 Å². The number of rotatable bonds is 4. The van der Waals surface area contributed by atoms with Crippen molar-refractivity contribution in [2.24, 2.45) is 0 Å². The minimum atomic E-state index is 0.573. The summed E-state index contributed by atoms with van der Waals surface area (Å²) >= 11 is 0. The fourth-order valence-electron chi connectivity index (χ4n) is 4.01. The third-order valence-electron chi connectivity index (χ3n) is 5.72. The zero-order valence-electron chi connectivity index (χ0n) is 15.9. The number of aryl methyl sites for hydroxylation is 2. The van der Waals surface area contributed by atoms with Gasteiger partial charge in [-0.1, -0.05) is 52.0 Å². The van der Waals surface area contributed by atoms with Gasteiger partial charge in [0.2, 0.25) is 0 Å². The maximum atomic E-state index is 2.47. The minimum Gasteiger partial charge on any atom is -0.344 e. The molecule has 3 rings (SSSR count). The van der Waals surface area contributed by atoms with E-state index in [0.29, 0.717) is 11.8 Å². The molecule has 0 aromatic heterocycles. The first-order chi connectivity index (χ1) is 11.5. The van der Waals surface area contributed by atoms with Crippen LogP contribution in [-0.4, -0.2) is 7.05 Å². The van der Waals surface area contributed by atoms with Crippen molar-refractivity contribution in [1.82, 2.24) is 0 Å². The van der Waals surface area contributed by atoms with Crippen LogP contribution >= 0.6 is 0 Å². The van der Waals surface area contributed by atoms with E-state index in [1.165, 1.54) is 46.5 Å². The van der Waals surface area contributed by atoms with E-state index in [9.17, 15) is 0 Å². The molecule has 0 saturated carbocycles. The molecular formula is C23H31N. The molecule has 2 aromatic carbocycles. The lowest BCUT2D eigenvalue weighted by Crippen LogP contribution is -2.12. The Labute approximate surface area is 147 Å². The molecule has 0 bridgehead atoms. The zero-order chi connectivity index (χ0) is 17.3. The minimum absolute atomic E-state index is 0.573. The summed E-state index contributed by atoms with van der Waals surface area (Å²) < 4.78 is 0. The topological polar surface area (TPSA) is 3.24 Å². The van der Waals surface area contributed by atoms with Gasteiger partial charge in [0.25, 0.3) is 0 Å². The van der Waals surface area contributed by atoms with Gasteiger partial charge in [0, 0.05) is 18.4 Å². The highest BCUT2D eigenvalue weighted by atomic mass is 15.1. The number of anilines is 2. The van der Waals surface area contributed by atoms with Crippen LogP contribution in [0.5, 0.6) is 0 Å². The lowest BCUT2D eigenvalue weighted by Gasteiger charge is -2.24. The van der Waals surface area contributed by atoms with E-state index in [-0.39, 0.29) is 0 Å². The van der Waals surface area contributed by atoms with Gasteiger partial charge in [-0.3, -0.25) is 0 Å².